The van der Waals surface area contributed by atoms with Crippen molar-refractivity contribution < 1.29 is 23.4 Å². The molecule has 0 fully saturated rings. The maximum Gasteiger partial charge on any atom is 0.293 e. The van der Waals surface area contributed by atoms with Crippen LogP contribution in [0.4, 0.5) is 4.39 Å². The molecular formula is C21H22FNO4. The molecule has 0 atom stereocenters. The van der Waals surface area contributed by atoms with E-state index >= 15 is 0 Å². The summed E-state index contributed by atoms with van der Waals surface area (Å²) in [5.41, 5.74) is 1.68. The highest BCUT2D eigenvalue weighted by atomic mass is 19.1. The van der Waals surface area contributed by atoms with Crippen molar-refractivity contribution in [1.82, 2.24) is 4.90 Å². The number of nitrogens with zero attached hydrogens (tertiary/aromatic N) is 1. The standard InChI is InChI=1S/C21H22FNO4/c1-15-20(27-12-11-26-15)21(24)23(13-16-7-9-18(22)10-8-16)14-17-5-3-4-6-19(17)25-2/h3-10H,11-14H2,1-2H3. The van der Waals surface area contributed by atoms with Gasteiger partial charge in [-0.25, -0.2) is 4.39 Å². The fourth-order valence-corrected chi connectivity index (χ4v) is 2.91. The molecule has 1 heterocycles. The third kappa shape index (κ3) is 4.58. The van der Waals surface area contributed by atoms with Gasteiger partial charge in [-0.05, 0) is 30.7 Å². The van der Waals surface area contributed by atoms with E-state index in [1.54, 1.807) is 31.1 Å². The zero-order chi connectivity index (χ0) is 19.2. The van der Waals surface area contributed by atoms with E-state index in [2.05, 4.69) is 0 Å². The van der Waals surface area contributed by atoms with Crippen molar-refractivity contribution in [2.45, 2.75) is 20.0 Å². The van der Waals surface area contributed by atoms with Gasteiger partial charge in [-0.2, -0.15) is 0 Å². The molecule has 142 valence electrons. The molecule has 0 spiro atoms. The number of carbonyl (C=O) groups excluding carboxylic acids is 1. The molecule has 3 rings (SSSR count). The first-order valence-electron chi connectivity index (χ1n) is 8.70. The number of rotatable bonds is 6. The molecule has 5 nitrogen and oxygen atoms in total. The zero-order valence-corrected chi connectivity index (χ0v) is 15.4. The Hall–Kier alpha value is -3.02. The van der Waals surface area contributed by atoms with Crippen molar-refractivity contribution >= 4 is 5.91 Å². The number of carbonyl (C=O) groups is 1. The lowest BCUT2D eigenvalue weighted by Crippen LogP contribution is -2.34. The fraction of sp³-hybridized carbons (Fsp3) is 0.286. The number of benzene rings is 2. The van der Waals surface area contributed by atoms with Gasteiger partial charge >= 0.3 is 0 Å². The molecule has 0 aliphatic carbocycles. The molecule has 27 heavy (non-hydrogen) atoms. The summed E-state index contributed by atoms with van der Waals surface area (Å²) >= 11 is 0. The Balaban J connectivity index is 1.90. The Bertz CT molecular complexity index is 832. The lowest BCUT2D eigenvalue weighted by Gasteiger charge is -2.27. The summed E-state index contributed by atoms with van der Waals surface area (Å²) in [6.07, 6.45) is 0. The summed E-state index contributed by atoms with van der Waals surface area (Å²) in [7, 11) is 1.59. The first-order chi connectivity index (χ1) is 13.1. The van der Waals surface area contributed by atoms with E-state index in [-0.39, 0.29) is 17.5 Å². The van der Waals surface area contributed by atoms with Gasteiger partial charge in [0.2, 0.25) is 5.76 Å². The smallest absolute Gasteiger partial charge is 0.293 e. The summed E-state index contributed by atoms with van der Waals surface area (Å²) in [6.45, 7) is 3.09. The molecule has 0 saturated carbocycles. The maximum absolute atomic E-state index is 13.2. The molecule has 1 aliphatic heterocycles. The highest BCUT2D eigenvalue weighted by Crippen LogP contribution is 2.23. The minimum Gasteiger partial charge on any atom is -0.496 e. The number of methoxy groups -OCH3 is 1. The lowest BCUT2D eigenvalue weighted by atomic mass is 10.1. The van der Waals surface area contributed by atoms with E-state index in [4.69, 9.17) is 14.2 Å². The Labute approximate surface area is 158 Å². The molecule has 0 aromatic heterocycles. The third-order valence-corrected chi connectivity index (χ3v) is 4.29. The van der Waals surface area contributed by atoms with Gasteiger partial charge in [0.15, 0.2) is 0 Å². The number of allylic oxidation sites excluding steroid dienone is 1. The predicted molar refractivity (Wildman–Crippen MR) is 98.3 cm³/mol. The average molecular weight is 371 g/mol. The highest BCUT2D eigenvalue weighted by molar-refractivity contribution is 5.92. The zero-order valence-electron chi connectivity index (χ0n) is 15.4. The molecule has 0 bridgehead atoms. The molecule has 0 radical (unpaired) electrons. The second-order valence-electron chi connectivity index (χ2n) is 6.18. The van der Waals surface area contributed by atoms with Crippen LogP contribution in [0.3, 0.4) is 0 Å². The van der Waals surface area contributed by atoms with Crippen LogP contribution in [0.15, 0.2) is 60.0 Å². The fourth-order valence-electron chi connectivity index (χ4n) is 2.91. The molecular weight excluding hydrogens is 349 g/mol. The van der Waals surface area contributed by atoms with Crippen LogP contribution in [0, 0.1) is 5.82 Å². The summed E-state index contributed by atoms with van der Waals surface area (Å²) in [4.78, 5) is 14.8. The normalized spacial score (nSPS) is 13.6. The first kappa shape index (κ1) is 18.8. The van der Waals surface area contributed by atoms with E-state index in [1.807, 2.05) is 24.3 Å². The van der Waals surface area contributed by atoms with Crippen molar-refractivity contribution in [2.24, 2.45) is 0 Å². The Morgan fingerprint density at radius 1 is 1.07 bits per heavy atom. The Morgan fingerprint density at radius 2 is 1.78 bits per heavy atom. The van der Waals surface area contributed by atoms with Crippen LogP contribution in [0.1, 0.15) is 18.1 Å². The van der Waals surface area contributed by atoms with Crippen molar-refractivity contribution in [3.05, 3.63) is 77.0 Å². The molecule has 6 heteroatoms. The molecule has 0 N–H and O–H groups in total. The van der Waals surface area contributed by atoms with Crippen molar-refractivity contribution in [3.63, 3.8) is 0 Å². The summed E-state index contributed by atoms with van der Waals surface area (Å²) in [5, 5.41) is 0. The van der Waals surface area contributed by atoms with E-state index < -0.39 is 0 Å². The van der Waals surface area contributed by atoms with Crippen LogP contribution >= 0.6 is 0 Å². The molecule has 1 amide bonds. The second kappa shape index (κ2) is 8.58. The topological polar surface area (TPSA) is 48.0 Å². The van der Waals surface area contributed by atoms with Crippen LogP contribution in [-0.2, 0) is 27.4 Å². The molecule has 2 aromatic rings. The van der Waals surface area contributed by atoms with E-state index in [0.717, 1.165) is 11.1 Å². The summed E-state index contributed by atoms with van der Waals surface area (Å²) in [6, 6.07) is 13.6. The Morgan fingerprint density at radius 3 is 2.48 bits per heavy atom. The molecule has 0 unspecified atom stereocenters. The second-order valence-corrected chi connectivity index (χ2v) is 6.18. The van der Waals surface area contributed by atoms with Crippen LogP contribution in [0.5, 0.6) is 5.75 Å². The minimum absolute atomic E-state index is 0.207. The van der Waals surface area contributed by atoms with E-state index in [9.17, 15) is 9.18 Å². The SMILES string of the molecule is COc1ccccc1CN(Cc1ccc(F)cc1)C(=O)C1=C(C)OCCO1. The minimum atomic E-state index is -0.316. The van der Waals surface area contributed by atoms with Gasteiger partial charge in [0, 0.05) is 12.1 Å². The number of hydrogen-bond donors (Lipinski definition) is 0. The largest absolute Gasteiger partial charge is 0.496 e. The van der Waals surface area contributed by atoms with Gasteiger partial charge in [0.05, 0.1) is 13.7 Å². The highest BCUT2D eigenvalue weighted by Gasteiger charge is 2.26. The maximum atomic E-state index is 13.2. The monoisotopic (exact) mass is 371 g/mol. The number of para-hydroxylation sites is 1. The Kier molecular flexibility index (Phi) is 5.96. The quantitative estimate of drug-likeness (QED) is 0.778. The summed E-state index contributed by atoms with van der Waals surface area (Å²) < 4.78 is 29.6. The lowest BCUT2D eigenvalue weighted by molar-refractivity contribution is -0.134. The van der Waals surface area contributed by atoms with Gasteiger partial charge in [-0.3, -0.25) is 4.79 Å². The number of hydrogen-bond acceptors (Lipinski definition) is 4. The molecule has 0 saturated heterocycles. The van der Waals surface area contributed by atoms with Crippen LogP contribution < -0.4 is 4.74 Å². The number of ether oxygens (including phenoxy) is 3. The van der Waals surface area contributed by atoms with Gasteiger partial charge < -0.3 is 19.1 Å². The van der Waals surface area contributed by atoms with Crippen molar-refractivity contribution in [1.29, 1.82) is 0 Å². The van der Waals surface area contributed by atoms with Crippen LogP contribution in [-0.4, -0.2) is 31.1 Å². The van der Waals surface area contributed by atoms with Crippen molar-refractivity contribution in [3.8, 4) is 5.75 Å². The summed E-state index contributed by atoms with van der Waals surface area (Å²) in [5.74, 6) is 0.779. The van der Waals surface area contributed by atoms with E-state index in [0.29, 0.717) is 37.8 Å². The van der Waals surface area contributed by atoms with Gasteiger partial charge in [0.1, 0.15) is 30.5 Å². The average Bonchev–Trinajstić information content (AvgIpc) is 2.69. The predicted octanol–water partition coefficient (Wildman–Crippen LogP) is 3.64. The number of amides is 1. The van der Waals surface area contributed by atoms with E-state index in [1.165, 1.54) is 12.1 Å². The molecule has 2 aromatic carbocycles. The van der Waals surface area contributed by atoms with Crippen LogP contribution in [0.25, 0.3) is 0 Å². The van der Waals surface area contributed by atoms with Gasteiger partial charge in [-0.1, -0.05) is 30.3 Å². The number of halogens is 1. The first-order valence-corrected chi connectivity index (χ1v) is 8.70. The van der Waals surface area contributed by atoms with Crippen molar-refractivity contribution in [2.75, 3.05) is 20.3 Å². The molecule has 1 aliphatic rings. The third-order valence-electron chi connectivity index (χ3n) is 4.29. The van der Waals surface area contributed by atoms with Gasteiger partial charge in [0.25, 0.3) is 5.91 Å². The van der Waals surface area contributed by atoms with Gasteiger partial charge in [-0.15, -0.1) is 0 Å². The van der Waals surface area contributed by atoms with Crippen LogP contribution in [0.2, 0.25) is 0 Å².